The highest BCUT2D eigenvalue weighted by atomic mass is 35.5. The highest BCUT2D eigenvalue weighted by Crippen LogP contribution is 2.31. The van der Waals surface area contributed by atoms with E-state index in [0.29, 0.717) is 5.56 Å². The maximum Gasteiger partial charge on any atom is 0.416 e. The molecule has 98 valence electrons. The maximum absolute atomic E-state index is 12.5. The fourth-order valence-electron chi connectivity index (χ4n) is 1.43. The number of alkyl halides is 3. The Kier molecular flexibility index (Phi) is 5.45. The van der Waals surface area contributed by atoms with E-state index in [4.69, 9.17) is 10.5 Å². The first kappa shape index (κ1) is 16.2. The van der Waals surface area contributed by atoms with Crippen LogP contribution in [0.15, 0.2) is 24.3 Å². The fourth-order valence-corrected chi connectivity index (χ4v) is 1.43. The average Bonchev–Trinajstić information content (AvgIpc) is 2.16. The number of halogens is 4. The molecule has 2 nitrogen and oxygen atoms in total. The van der Waals surface area contributed by atoms with Crippen molar-refractivity contribution in [3.05, 3.63) is 35.4 Å². The maximum atomic E-state index is 12.5. The first-order valence-corrected chi connectivity index (χ1v) is 4.73. The van der Waals surface area contributed by atoms with E-state index in [-0.39, 0.29) is 19.0 Å². The summed E-state index contributed by atoms with van der Waals surface area (Å²) < 4.78 is 42.3. The van der Waals surface area contributed by atoms with E-state index in [9.17, 15) is 13.2 Å². The molecule has 0 amide bonds. The first-order chi connectivity index (χ1) is 7.27. The smallest absolute Gasteiger partial charge is 0.382 e. The van der Waals surface area contributed by atoms with Crippen molar-refractivity contribution in [2.45, 2.75) is 18.6 Å². The summed E-state index contributed by atoms with van der Waals surface area (Å²) in [6.45, 7) is 1.79. The van der Waals surface area contributed by atoms with Crippen LogP contribution >= 0.6 is 12.4 Å². The Labute approximate surface area is 104 Å². The topological polar surface area (TPSA) is 35.2 Å². The summed E-state index contributed by atoms with van der Waals surface area (Å²) in [5, 5.41) is 0. The third-order valence-corrected chi connectivity index (χ3v) is 2.29. The van der Waals surface area contributed by atoms with Crippen LogP contribution in [0.2, 0.25) is 0 Å². The molecule has 2 N–H and O–H groups in total. The molecule has 6 heteroatoms. The van der Waals surface area contributed by atoms with Crippen LogP contribution in [0.5, 0.6) is 0 Å². The third-order valence-electron chi connectivity index (χ3n) is 2.29. The lowest BCUT2D eigenvalue weighted by molar-refractivity contribution is -0.137. The van der Waals surface area contributed by atoms with E-state index in [2.05, 4.69) is 0 Å². The SMILES string of the molecule is COCC(C)(N)c1cccc(C(F)(F)F)c1.Cl. The summed E-state index contributed by atoms with van der Waals surface area (Å²) >= 11 is 0. The zero-order valence-corrected chi connectivity index (χ0v) is 10.4. The van der Waals surface area contributed by atoms with Crippen LogP contribution in [0.3, 0.4) is 0 Å². The molecular formula is C11H15ClF3NO. The Balaban J connectivity index is 0.00000256. The Bertz CT molecular complexity index is 366. The molecule has 1 aromatic rings. The molecule has 1 unspecified atom stereocenters. The predicted molar refractivity (Wildman–Crippen MR) is 62.1 cm³/mol. The monoisotopic (exact) mass is 269 g/mol. The molecule has 1 aromatic carbocycles. The van der Waals surface area contributed by atoms with Crippen LogP contribution in [0.4, 0.5) is 13.2 Å². The molecule has 0 saturated heterocycles. The molecule has 17 heavy (non-hydrogen) atoms. The van der Waals surface area contributed by atoms with Crippen LogP contribution in [-0.4, -0.2) is 13.7 Å². The molecule has 0 aliphatic carbocycles. The average molecular weight is 270 g/mol. The van der Waals surface area contributed by atoms with Crippen LogP contribution in [0.1, 0.15) is 18.1 Å². The lowest BCUT2D eigenvalue weighted by Crippen LogP contribution is -2.38. The molecule has 0 aromatic heterocycles. The largest absolute Gasteiger partial charge is 0.416 e. The van der Waals surface area contributed by atoms with Gasteiger partial charge in [-0.05, 0) is 24.6 Å². The number of benzene rings is 1. The van der Waals surface area contributed by atoms with Crippen molar-refractivity contribution in [3.63, 3.8) is 0 Å². The second kappa shape index (κ2) is 5.71. The Morgan fingerprint density at radius 1 is 1.24 bits per heavy atom. The third kappa shape index (κ3) is 4.18. The molecule has 0 radical (unpaired) electrons. The van der Waals surface area contributed by atoms with Gasteiger partial charge in [0.15, 0.2) is 0 Å². The van der Waals surface area contributed by atoms with Gasteiger partial charge in [-0.2, -0.15) is 13.2 Å². The van der Waals surface area contributed by atoms with Crippen molar-refractivity contribution in [2.24, 2.45) is 5.73 Å². The van der Waals surface area contributed by atoms with Crippen molar-refractivity contribution < 1.29 is 17.9 Å². The summed E-state index contributed by atoms with van der Waals surface area (Å²) in [5.74, 6) is 0. The Morgan fingerprint density at radius 2 is 1.76 bits per heavy atom. The van der Waals surface area contributed by atoms with E-state index >= 15 is 0 Å². The van der Waals surface area contributed by atoms with E-state index in [1.54, 1.807) is 13.0 Å². The standard InChI is InChI=1S/C11H14F3NO.ClH/c1-10(15,7-16-2)8-4-3-5-9(6-8)11(12,13)14;/h3-6H,7,15H2,1-2H3;1H. The number of hydrogen-bond acceptors (Lipinski definition) is 2. The van der Waals surface area contributed by atoms with Gasteiger partial charge in [0, 0.05) is 7.11 Å². The van der Waals surface area contributed by atoms with Crippen molar-refractivity contribution in [1.29, 1.82) is 0 Å². The second-order valence-corrected chi connectivity index (χ2v) is 3.93. The highest BCUT2D eigenvalue weighted by Gasteiger charge is 2.32. The van der Waals surface area contributed by atoms with Crippen molar-refractivity contribution in [2.75, 3.05) is 13.7 Å². The van der Waals surface area contributed by atoms with Crippen LogP contribution in [-0.2, 0) is 16.5 Å². The number of methoxy groups -OCH3 is 1. The van der Waals surface area contributed by atoms with Gasteiger partial charge in [0.2, 0.25) is 0 Å². The summed E-state index contributed by atoms with van der Waals surface area (Å²) in [7, 11) is 1.46. The van der Waals surface area contributed by atoms with Gasteiger partial charge in [-0.3, -0.25) is 0 Å². The zero-order valence-electron chi connectivity index (χ0n) is 9.54. The summed E-state index contributed by atoms with van der Waals surface area (Å²) in [6, 6.07) is 4.98. The van der Waals surface area contributed by atoms with E-state index in [1.165, 1.54) is 13.2 Å². The van der Waals surface area contributed by atoms with Gasteiger partial charge in [-0.15, -0.1) is 12.4 Å². The summed E-state index contributed by atoms with van der Waals surface area (Å²) in [6.07, 6.45) is -4.35. The highest BCUT2D eigenvalue weighted by molar-refractivity contribution is 5.85. The lowest BCUT2D eigenvalue weighted by atomic mass is 9.92. The van der Waals surface area contributed by atoms with E-state index < -0.39 is 17.3 Å². The van der Waals surface area contributed by atoms with Crippen molar-refractivity contribution in [1.82, 2.24) is 0 Å². The second-order valence-electron chi connectivity index (χ2n) is 3.93. The van der Waals surface area contributed by atoms with Gasteiger partial charge < -0.3 is 10.5 Å². The Hall–Kier alpha value is -0.780. The molecule has 0 fully saturated rings. The summed E-state index contributed by atoms with van der Waals surface area (Å²) in [4.78, 5) is 0. The molecular weight excluding hydrogens is 255 g/mol. The number of rotatable bonds is 3. The fraction of sp³-hybridized carbons (Fsp3) is 0.455. The van der Waals surface area contributed by atoms with Crippen molar-refractivity contribution in [3.8, 4) is 0 Å². The first-order valence-electron chi connectivity index (χ1n) is 4.73. The molecule has 1 rings (SSSR count). The molecule has 0 bridgehead atoms. The number of ether oxygens (including phenoxy) is 1. The summed E-state index contributed by atoms with van der Waals surface area (Å²) in [5.41, 5.74) is 4.66. The van der Waals surface area contributed by atoms with Gasteiger partial charge in [-0.25, -0.2) is 0 Å². The van der Waals surface area contributed by atoms with Crippen LogP contribution < -0.4 is 5.73 Å². The minimum Gasteiger partial charge on any atom is -0.382 e. The molecule has 0 aliphatic heterocycles. The Morgan fingerprint density at radius 3 is 2.24 bits per heavy atom. The van der Waals surface area contributed by atoms with Gasteiger partial charge in [0.1, 0.15) is 0 Å². The van der Waals surface area contributed by atoms with E-state index in [1.807, 2.05) is 0 Å². The molecule has 0 saturated carbocycles. The minimum absolute atomic E-state index is 0. The lowest BCUT2D eigenvalue weighted by Gasteiger charge is -2.25. The minimum atomic E-state index is -4.35. The molecule has 0 heterocycles. The molecule has 0 spiro atoms. The van der Waals surface area contributed by atoms with Gasteiger partial charge in [0.05, 0.1) is 17.7 Å². The molecule has 1 atom stereocenters. The van der Waals surface area contributed by atoms with Crippen LogP contribution in [0.25, 0.3) is 0 Å². The zero-order chi connectivity index (χ0) is 12.4. The number of nitrogens with two attached hydrogens (primary N) is 1. The van der Waals surface area contributed by atoms with E-state index in [0.717, 1.165) is 12.1 Å². The van der Waals surface area contributed by atoms with Crippen LogP contribution in [0, 0.1) is 0 Å². The van der Waals surface area contributed by atoms with Crippen molar-refractivity contribution >= 4 is 12.4 Å². The van der Waals surface area contributed by atoms with Gasteiger partial charge in [0.25, 0.3) is 0 Å². The quantitative estimate of drug-likeness (QED) is 0.916. The van der Waals surface area contributed by atoms with Gasteiger partial charge >= 0.3 is 6.18 Å². The predicted octanol–water partition coefficient (Wildman–Crippen LogP) is 2.95. The van der Waals surface area contributed by atoms with Gasteiger partial charge in [-0.1, -0.05) is 12.1 Å². The number of hydrogen-bond donors (Lipinski definition) is 1. The normalized spacial score (nSPS) is 14.9. The molecule has 0 aliphatic rings.